The molecular weight excluding hydrogens is 332 g/mol. The van der Waals surface area contributed by atoms with Crippen molar-refractivity contribution in [2.24, 2.45) is 5.73 Å². The first-order chi connectivity index (χ1) is 12.6. The predicted octanol–water partition coefficient (Wildman–Crippen LogP) is 2.40. The smallest absolute Gasteiger partial charge is 0.320 e. The number of pyridine rings is 1. The summed E-state index contributed by atoms with van der Waals surface area (Å²) in [6, 6.07) is 12.5. The van der Waals surface area contributed by atoms with Crippen molar-refractivity contribution in [3.05, 3.63) is 54.4 Å². The molecule has 0 aliphatic heterocycles. The van der Waals surface area contributed by atoms with Gasteiger partial charge < -0.3 is 25.9 Å². The number of nitrogens with two attached hydrogens (primary N) is 1. The maximum absolute atomic E-state index is 10.9. The Morgan fingerprint density at radius 1 is 1.31 bits per heavy atom. The fraction of sp³-hybridized carbons (Fsp3) is 0.263. The summed E-state index contributed by atoms with van der Waals surface area (Å²) in [7, 11) is 0. The van der Waals surface area contributed by atoms with Crippen LogP contribution in [-0.4, -0.2) is 40.2 Å². The first-order valence-electron chi connectivity index (χ1n) is 8.49. The molecule has 3 rings (SSSR count). The van der Waals surface area contributed by atoms with Crippen molar-refractivity contribution in [1.82, 2.24) is 9.97 Å². The molecular formula is C19H22N4O3. The van der Waals surface area contributed by atoms with Gasteiger partial charge in [0.2, 0.25) is 0 Å². The van der Waals surface area contributed by atoms with Crippen molar-refractivity contribution < 1.29 is 14.6 Å². The molecule has 0 bridgehead atoms. The van der Waals surface area contributed by atoms with Crippen molar-refractivity contribution >= 4 is 22.7 Å². The molecule has 1 atom stereocenters. The van der Waals surface area contributed by atoms with Gasteiger partial charge in [0.1, 0.15) is 17.6 Å². The molecule has 0 amide bonds. The second-order valence-corrected chi connectivity index (χ2v) is 6.04. The van der Waals surface area contributed by atoms with E-state index in [1.54, 1.807) is 6.20 Å². The lowest BCUT2D eigenvalue weighted by molar-refractivity contribution is -0.138. The van der Waals surface area contributed by atoms with Gasteiger partial charge in [-0.15, -0.1) is 0 Å². The lowest BCUT2D eigenvalue weighted by atomic mass is 10.1. The lowest BCUT2D eigenvalue weighted by Crippen LogP contribution is -2.32. The molecule has 0 fully saturated rings. The first kappa shape index (κ1) is 17.8. The molecule has 1 unspecified atom stereocenters. The molecule has 0 radical (unpaired) electrons. The highest BCUT2D eigenvalue weighted by molar-refractivity contribution is 5.82. The Hall–Kier alpha value is -3.06. The number of carbonyl (C=O) groups is 1. The Morgan fingerprint density at radius 2 is 2.19 bits per heavy atom. The molecule has 7 heteroatoms. The summed E-state index contributed by atoms with van der Waals surface area (Å²) in [6.45, 7) is 1.37. The van der Waals surface area contributed by atoms with E-state index in [2.05, 4.69) is 15.3 Å². The Labute approximate surface area is 151 Å². The molecule has 136 valence electrons. The minimum atomic E-state index is -1.01. The highest BCUT2D eigenvalue weighted by Gasteiger charge is 2.13. The number of hydrogen-bond donors (Lipinski definition) is 4. The number of fused-ring (bicyclic) bond motifs is 1. The van der Waals surface area contributed by atoms with E-state index in [-0.39, 0.29) is 6.42 Å². The Kier molecular flexibility index (Phi) is 5.70. The van der Waals surface area contributed by atoms with Crippen LogP contribution < -0.4 is 15.8 Å². The van der Waals surface area contributed by atoms with Gasteiger partial charge in [-0.25, -0.2) is 4.98 Å². The number of anilines is 1. The molecule has 0 aliphatic rings. The van der Waals surface area contributed by atoms with Crippen LogP contribution in [0, 0.1) is 0 Å². The average Bonchev–Trinajstić information content (AvgIpc) is 3.03. The van der Waals surface area contributed by atoms with Gasteiger partial charge in [0.15, 0.2) is 0 Å². The molecule has 2 aromatic heterocycles. The van der Waals surface area contributed by atoms with E-state index in [0.717, 1.165) is 41.1 Å². The van der Waals surface area contributed by atoms with Crippen LogP contribution in [0.15, 0.2) is 48.7 Å². The van der Waals surface area contributed by atoms with Crippen LogP contribution in [0.5, 0.6) is 5.75 Å². The van der Waals surface area contributed by atoms with Gasteiger partial charge in [-0.1, -0.05) is 6.07 Å². The van der Waals surface area contributed by atoms with Crippen LogP contribution in [0.4, 0.5) is 5.82 Å². The third-order valence-electron chi connectivity index (χ3n) is 3.97. The van der Waals surface area contributed by atoms with Gasteiger partial charge in [-0.2, -0.15) is 0 Å². The number of rotatable bonds is 9. The molecule has 2 heterocycles. The third kappa shape index (κ3) is 4.73. The summed E-state index contributed by atoms with van der Waals surface area (Å²) in [5.41, 5.74) is 7.31. The summed E-state index contributed by atoms with van der Waals surface area (Å²) >= 11 is 0. The zero-order valence-electron chi connectivity index (χ0n) is 14.3. The highest BCUT2D eigenvalue weighted by atomic mass is 16.5. The van der Waals surface area contributed by atoms with Gasteiger partial charge >= 0.3 is 5.97 Å². The van der Waals surface area contributed by atoms with Crippen molar-refractivity contribution in [2.45, 2.75) is 18.9 Å². The van der Waals surface area contributed by atoms with E-state index in [4.69, 9.17) is 15.6 Å². The SMILES string of the molecule is NC(Cc1cc2cc(OCCCNc3ccccn3)ccc2[nH]1)C(=O)O. The van der Waals surface area contributed by atoms with E-state index < -0.39 is 12.0 Å². The Balaban J connectivity index is 1.50. The normalized spacial score (nSPS) is 12.0. The van der Waals surface area contributed by atoms with Crippen molar-refractivity contribution in [3.63, 3.8) is 0 Å². The van der Waals surface area contributed by atoms with E-state index >= 15 is 0 Å². The van der Waals surface area contributed by atoms with Crippen molar-refractivity contribution in [3.8, 4) is 5.75 Å². The Morgan fingerprint density at radius 3 is 2.96 bits per heavy atom. The van der Waals surface area contributed by atoms with Crippen LogP contribution >= 0.6 is 0 Å². The second-order valence-electron chi connectivity index (χ2n) is 6.04. The predicted molar refractivity (Wildman–Crippen MR) is 100 cm³/mol. The maximum Gasteiger partial charge on any atom is 0.320 e. The van der Waals surface area contributed by atoms with Crippen LogP contribution in [0.2, 0.25) is 0 Å². The second kappa shape index (κ2) is 8.35. The van der Waals surface area contributed by atoms with E-state index in [1.807, 2.05) is 42.5 Å². The summed E-state index contributed by atoms with van der Waals surface area (Å²) in [5, 5.41) is 13.1. The molecule has 0 aliphatic carbocycles. The van der Waals surface area contributed by atoms with E-state index in [1.165, 1.54) is 0 Å². The summed E-state index contributed by atoms with van der Waals surface area (Å²) < 4.78 is 5.79. The van der Waals surface area contributed by atoms with E-state index in [0.29, 0.717) is 6.61 Å². The monoisotopic (exact) mass is 354 g/mol. The molecule has 7 nitrogen and oxygen atoms in total. The minimum Gasteiger partial charge on any atom is -0.494 e. The van der Waals surface area contributed by atoms with Gasteiger partial charge in [0, 0.05) is 35.8 Å². The maximum atomic E-state index is 10.9. The number of nitrogens with one attached hydrogen (secondary N) is 2. The number of nitrogens with zero attached hydrogens (tertiary/aromatic N) is 1. The number of aromatic amines is 1. The number of carboxylic acids is 1. The number of benzene rings is 1. The van der Waals surface area contributed by atoms with Crippen LogP contribution in [0.1, 0.15) is 12.1 Å². The number of carboxylic acid groups (broad SMARTS) is 1. The summed E-state index contributed by atoms with van der Waals surface area (Å²) in [4.78, 5) is 18.3. The van der Waals surface area contributed by atoms with Crippen LogP contribution in [-0.2, 0) is 11.2 Å². The zero-order valence-corrected chi connectivity index (χ0v) is 14.3. The summed E-state index contributed by atoms with van der Waals surface area (Å²) in [5.74, 6) is 0.628. The largest absolute Gasteiger partial charge is 0.494 e. The fourth-order valence-electron chi connectivity index (χ4n) is 2.64. The number of ether oxygens (including phenoxy) is 1. The molecule has 3 aromatic rings. The average molecular weight is 354 g/mol. The van der Waals surface area contributed by atoms with Crippen molar-refractivity contribution in [2.75, 3.05) is 18.5 Å². The molecule has 0 saturated carbocycles. The van der Waals surface area contributed by atoms with Crippen LogP contribution in [0.25, 0.3) is 10.9 Å². The number of hydrogen-bond acceptors (Lipinski definition) is 5. The highest BCUT2D eigenvalue weighted by Crippen LogP contribution is 2.22. The van der Waals surface area contributed by atoms with E-state index in [9.17, 15) is 4.79 Å². The van der Waals surface area contributed by atoms with Gasteiger partial charge in [-0.3, -0.25) is 4.79 Å². The standard InChI is InChI=1S/C19H22N4O3/c20-16(19(24)25)12-14-10-13-11-15(5-6-17(13)23-14)26-9-3-8-22-18-4-1-2-7-21-18/h1-2,4-7,10-11,16,23H,3,8-9,12,20H2,(H,21,22)(H,24,25). The molecule has 0 saturated heterocycles. The number of aromatic nitrogens is 2. The first-order valence-corrected chi connectivity index (χ1v) is 8.49. The van der Waals surface area contributed by atoms with Gasteiger partial charge in [-0.05, 0) is 42.8 Å². The third-order valence-corrected chi connectivity index (χ3v) is 3.97. The molecule has 1 aromatic carbocycles. The molecule has 26 heavy (non-hydrogen) atoms. The quantitative estimate of drug-likeness (QED) is 0.439. The topological polar surface area (TPSA) is 113 Å². The van der Waals surface area contributed by atoms with Gasteiger partial charge in [0.05, 0.1) is 6.61 Å². The minimum absolute atomic E-state index is 0.263. The lowest BCUT2D eigenvalue weighted by Gasteiger charge is -2.07. The Bertz CT molecular complexity index is 864. The summed E-state index contributed by atoms with van der Waals surface area (Å²) in [6.07, 6.45) is 2.86. The molecule has 5 N–H and O–H groups in total. The number of aliphatic carboxylic acids is 1. The van der Waals surface area contributed by atoms with Crippen LogP contribution in [0.3, 0.4) is 0 Å². The molecule has 0 spiro atoms. The zero-order chi connectivity index (χ0) is 18.4. The van der Waals surface area contributed by atoms with Gasteiger partial charge in [0.25, 0.3) is 0 Å². The van der Waals surface area contributed by atoms with Crippen molar-refractivity contribution in [1.29, 1.82) is 0 Å². The number of H-pyrrole nitrogens is 1. The fourth-order valence-corrected chi connectivity index (χ4v) is 2.64.